The Hall–Kier alpha value is -1.62. The predicted molar refractivity (Wildman–Crippen MR) is 67.8 cm³/mol. The number of benzene rings is 1. The number of amides is 1. The lowest BCUT2D eigenvalue weighted by Gasteiger charge is -2.15. The van der Waals surface area contributed by atoms with Gasteiger partial charge in [-0.2, -0.15) is 0 Å². The van der Waals surface area contributed by atoms with Crippen LogP contribution in [0.25, 0.3) is 0 Å². The monoisotopic (exact) mass is 254 g/mol. The van der Waals surface area contributed by atoms with Gasteiger partial charge in [0.25, 0.3) is 0 Å². The van der Waals surface area contributed by atoms with Crippen molar-refractivity contribution in [2.75, 3.05) is 20.7 Å². The Labute approximate surface area is 107 Å². The molecule has 0 aromatic heterocycles. The molecule has 0 saturated heterocycles. The third-order valence-electron chi connectivity index (χ3n) is 2.54. The van der Waals surface area contributed by atoms with Gasteiger partial charge in [-0.3, -0.25) is 4.79 Å². The molecule has 100 valence electrons. The maximum absolute atomic E-state index is 13.1. The van der Waals surface area contributed by atoms with Gasteiger partial charge in [-0.05, 0) is 13.0 Å². The Balaban J connectivity index is 2.66. The summed E-state index contributed by atoms with van der Waals surface area (Å²) in [6.07, 6.45) is 0.252. The molecule has 2 N–H and O–H groups in total. The Morgan fingerprint density at radius 2 is 2.17 bits per heavy atom. The first-order chi connectivity index (χ1) is 8.41. The van der Waals surface area contributed by atoms with Gasteiger partial charge in [0.15, 0.2) is 0 Å². The molecule has 1 rings (SSSR count). The van der Waals surface area contributed by atoms with Crippen LogP contribution in [-0.2, 0) is 4.79 Å². The van der Waals surface area contributed by atoms with Crippen molar-refractivity contribution >= 4 is 5.91 Å². The lowest BCUT2D eigenvalue weighted by atomic mass is 10.1. The van der Waals surface area contributed by atoms with Crippen molar-refractivity contribution in [3.63, 3.8) is 0 Å². The average Bonchev–Trinajstić information content (AvgIpc) is 2.28. The number of ether oxygens (including phenoxy) is 1. The van der Waals surface area contributed by atoms with Crippen LogP contribution < -0.4 is 10.5 Å². The molecule has 1 atom stereocenters. The highest BCUT2D eigenvalue weighted by molar-refractivity contribution is 5.75. The van der Waals surface area contributed by atoms with Gasteiger partial charge >= 0.3 is 0 Å². The standard InChI is InChI=1S/C13H19FN2O2/c1-9(15)11-5-4-10(14)8-12(11)18-7-6-13(17)16(2)3/h4-5,8-9H,6-7,15H2,1-3H3. The molecule has 1 aromatic carbocycles. The fourth-order valence-electron chi connectivity index (χ4n) is 1.48. The molecule has 4 nitrogen and oxygen atoms in total. The van der Waals surface area contributed by atoms with Crippen LogP contribution in [0.15, 0.2) is 18.2 Å². The second-order valence-corrected chi connectivity index (χ2v) is 4.36. The lowest BCUT2D eigenvalue weighted by Crippen LogP contribution is -2.23. The molecule has 0 spiro atoms. The first kappa shape index (κ1) is 14.4. The Morgan fingerprint density at radius 1 is 1.50 bits per heavy atom. The highest BCUT2D eigenvalue weighted by Gasteiger charge is 2.10. The van der Waals surface area contributed by atoms with Gasteiger partial charge in [-0.15, -0.1) is 0 Å². The zero-order valence-corrected chi connectivity index (χ0v) is 10.9. The number of rotatable bonds is 5. The van der Waals surface area contributed by atoms with E-state index in [1.54, 1.807) is 27.1 Å². The number of hydrogen-bond acceptors (Lipinski definition) is 3. The van der Waals surface area contributed by atoms with Gasteiger partial charge in [-0.25, -0.2) is 4.39 Å². The summed E-state index contributed by atoms with van der Waals surface area (Å²) in [6, 6.07) is 3.99. The van der Waals surface area contributed by atoms with Gasteiger partial charge in [-0.1, -0.05) is 6.07 Å². The highest BCUT2D eigenvalue weighted by atomic mass is 19.1. The van der Waals surface area contributed by atoms with E-state index in [1.807, 2.05) is 0 Å². The minimum Gasteiger partial charge on any atom is -0.493 e. The fraction of sp³-hybridized carbons (Fsp3) is 0.462. The minimum absolute atomic E-state index is 0.0336. The molecular formula is C13H19FN2O2. The van der Waals surface area contributed by atoms with Crippen molar-refractivity contribution in [1.82, 2.24) is 4.90 Å². The summed E-state index contributed by atoms with van der Waals surface area (Å²) in [5.74, 6) is -0.0151. The van der Waals surface area contributed by atoms with Gasteiger partial charge < -0.3 is 15.4 Å². The summed E-state index contributed by atoms with van der Waals surface area (Å²) in [5, 5.41) is 0. The van der Waals surface area contributed by atoms with E-state index in [1.165, 1.54) is 17.0 Å². The lowest BCUT2D eigenvalue weighted by molar-refractivity contribution is -0.129. The number of halogens is 1. The van der Waals surface area contributed by atoms with E-state index in [2.05, 4.69) is 0 Å². The molecule has 0 fully saturated rings. The number of carbonyl (C=O) groups is 1. The quantitative estimate of drug-likeness (QED) is 0.870. The predicted octanol–water partition coefficient (Wildman–Crippen LogP) is 1.70. The van der Waals surface area contributed by atoms with E-state index >= 15 is 0 Å². The molecule has 1 aromatic rings. The smallest absolute Gasteiger partial charge is 0.225 e. The maximum Gasteiger partial charge on any atom is 0.225 e. The number of carbonyl (C=O) groups excluding carboxylic acids is 1. The number of nitrogens with two attached hydrogens (primary N) is 1. The van der Waals surface area contributed by atoms with Gasteiger partial charge in [0.2, 0.25) is 5.91 Å². The molecule has 0 radical (unpaired) electrons. The summed E-state index contributed by atoms with van der Waals surface area (Å²) in [4.78, 5) is 12.9. The van der Waals surface area contributed by atoms with Crippen LogP contribution in [0.5, 0.6) is 5.75 Å². The van der Waals surface area contributed by atoms with Crippen LogP contribution in [0.2, 0.25) is 0 Å². The van der Waals surface area contributed by atoms with Crippen LogP contribution in [0.1, 0.15) is 24.9 Å². The van der Waals surface area contributed by atoms with Gasteiger partial charge in [0.1, 0.15) is 11.6 Å². The highest BCUT2D eigenvalue weighted by Crippen LogP contribution is 2.24. The molecular weight excluding hydrogens is 235 g/mol. The van der Waals surface area contributed by atoms with E-state index in [4.69, 9.17) is 10.5 Å². The van der Waals surface area contributed by atoms with Crippen LogP contribution in [0.3, 0.4) is 0 Å². The van der Waals surface area contributed by atoms with Crippen molar-refractivity contribution in [2.24, 2.45) is 5.73 Å². The molecule has 0 saturated carbocycles. The number of nitrogens with zero attached hydrogens (tertiary/aromatic N) is 1. The van der Waals surface area contributed by atoms with Gasteiger partial charge in [0, 0.05) is 31.8 Å². The van der Waals surface area contributed by atoms with Crippen molar-refractivity contribution in [3.8, 4) is 5.75 Å². The molecule has 0 aliphatic carbocycles. The topological polar surface area (TPSA) is 55.6 Å². The zero-order valence-electron chi connectivity index (χ0n) is 10.9. The molecule has 5 heteroatoms. The van der Waals surface area contributed by atoms with Gasteiger partial charge in [0.05, 0.1) is 13.0 Å². The van der Waals surface area contributed by atoms with Crippen molar-refractivity contribution < 1.29 is 13.9 Å². The minimum atomic E-state index is -0.381. The average molecular weight is 254 g/mol. The van der Waals surface area contributed by atoms with Crippen LogP contribution >= 0.6 is 0 Å². The summed E-state index contributed by atoms with van der Waals surface area (Å²) >= 11 is 0. The summed E-state index contributed by atoms with van der Waals surface area (Å²) in [6.45, 7) is 2.01. The molecule has 18 heavy (non-hydrogen) atoms. The summed E-state index contributed by atoms with van der Waals surface area (Å²) < 4.78 is 18.6. The third-order valence-corrected chi connectivity index (χ3v) is 2.54. The second-order valence-electron chi connectivity index (χ2n) is 4.36. The Bertz CT molecular complexity index is 419. The van der Waals surface area contributed by atoms with Crippen molar-refractivity contribution in [2.45, 2.75) is 19.4 Å². The van der Waals surface area contributed by atoms with E-state index in [0.717, 1.165) is 5.56 Å². The zero-order chi connectivity index (χ0) is 13.7. The molecule has 0 aliphatic heterocycles. The molecule has 1 amide bonds. The molecule has 0 heterocycles. The summed E-state index contributed by atoms with van der Waals surface area (Å²) in [5.41, 5.74) is 6.50. The molecule has 1 unspecified atom stereocenters. The largest absolute Gasteiger partial charge is 0.493 e. The molecule has 0 aliphatic rings. The van der Waals surface area contributed by atoms with Crippen LogP contribution in [-0.4, -0.2) is 31.5 Å². The van der Waals surface area contributed by atoms with E-state index in [0.29, 0.717) is 5.75 Å². The second kappa shape index (κ2) is 6.35. The normalized spacial score (nSPS) is 12.1. The van der Waals surface area contributed by atoms with Crippen LogP contribution in [0.4, 0.5) is 4.39 Å². The first-order valence-electron chi connectivity index (χ1n) is 5.79. The van der Waals surface area contributed by atoms with Crippen LogP contribution in [0, 0.1) is 5.82 Å². The Morgan fingerprint density at radius 3 is 2.72 bits per heavy atom. The van der Waals surface area contributed by atoms with E-state index in [9.17, 15) is 9.18 Å². The van der Waals surface area contributed by atoms with Crippen molar-refractivity contribution in [3.05, 3.63) is 29.6 Å². The van der Waals surface area contributed by atoms with E-state index < -0.39 is 0 Å². The van der Waals surface area contributed by atoms with E-state index in [-0.39, 0.29) is 30.8 Å². The fourth-order valence-corrected chi connectivity index (χ4v) is 1.48. The molecule has 0 bridgehead atoms. The third kappa shape index (κ3) is 4.00. The Kier molecular flexibility index (Phi) is 5.09. The first-order valence-corrected chi connectivity index (χ1v) is 5.79. The maximum atomic E-state index is 13.1. The summed E-state index contributed by atoms with van der Waals surface area (Å²) in [7, 11) is 3.36. The SMILES string of the molecule is CC(N)c1ccc(F)cc1OCCC(=O)N(C)C. The van der Waals surface area contributed by atoms with Crippen molar-refractivity contribution in [1.29, 1.82) is 0 Å². The number of hydrogen-bond donors (Lipinski definition) is 1.